The van der Waals surface area contributed by atoms with Gasteiger partial charge in [-0.25, -0.2) is 0 Å². The predicted molar refractivity (Wildman–Crippen MR) is 78.7 cm³/mol. The van der Waals surface area contributed by atoms with Gasteiger partial charge in [0.1, 0.15) is 13.2 Å². The fourth-order valence-corrected chi connectivity index (χ4v) is 2.15. The van der Waals surface area contributed by atoms with Crippen LogP contribution in [-0.2, 0) is 6.54 Å². The van der Waals surface area contributed by atoms with Crippen molar-refractivity contribution in [3.8, 4) is 11.5 Å². The van der Waals surface area contributed by atoms with E-state index in [2.05, 4.69) is 5.10 Å². The average Bonchev–Trinajstić information content (AvgIpc) is 3.01. The van der Waals surface area contributed by atoms with Crippen molar-refractivity contribution in [2.75, 3.05) is 13.2 Å². The molecule has 1 aliphatic heterocycles. The maximum atomic E-state index is 12.1. The van der Waals surface area contributed by atoms with Crippen molar-refractivity contribution in [3.63, 3.8) is 0 Å². The maximum Gasteiger partial charge on any atom is 0.189 e. The summed E-state index contributed by atoms with van der Waals surface area (Å²) in [6.07, 6.45) is 6.60. The Hall–Kier alpha value is -2.56. The summed E-state index contributed by atoms with van der Waals surface area (Å²) in [6, 6.07) is 5.64. The smallest absolute Gasteiger partial charge is 0.189 e. The number of allylic oxidation sites excluding steroid dienone is 1. The molecule has 5 heteroatoms. The van der Waals surface area contributed by atoms with Crippen molar-refractivity contribution in [1.29, 1.82) is 0 Å². The summed E-state index contributed by atoms with van der Waals surface area (Å²) in [5.74, 6) is 1.33. The monoisotopic (exact) mass is 284 g/mol. The molecule has 0 spiro atoms. The Bertz CT molecular complexity index is 689. The Labute approximate surface area is 122 Å². The number of fused-ring (bicyclic) bond motifs is 1. The van der Waals surface area contributed by atoms with Gasteiger partial charge in [0.25, 0.3) is 0 Å². The van der Waals surface area contributed by atoms with Crippen molar-refractivity contribution >= 4 is 11.9 Å². The third-order valence-corrected chi connectivity index (χ3v) is 3.25. The number of carbonyl (C=O) groups is 1. The highest BCUT2D eigenvalue weighted by Gasteiger charge is 2.14. The zero-order chi connectivity index (χ0) is 14.7. The van der Waals surface area contributed by atoms with Crippen LogP contribution >= 0.6 is 0 Å². The van der Waals surface area contributed by atoms with Crippen LogP contribution in [0.2, 0.25) is 0 Å². The number of para-hydroxylation sites is 1. The molecular formula is C16H16N2O3. The first-order valence-electron chi connectivity index (χ1n) is 6.91. The molecule has 0 saturated carbocycles. The molecular weight excluding hydrogens is 268 g/mol. The SMILES string of the molecule is CCn1cc(C(=O)/C=C\c2cccc3c2OCCO3)cn1. The summed E-state index contributed by atoms with van der Waals surface area (Å²) in [5.41, 5.74) is 1.42. The summed E-state index contributed by atoms with van der Waals surface area (Å²) in [7, 11) is 0. The lowest BCUT2D eigenvalue weighted by molar-refractivity contribution is 0.104. The minimum absolute atomic E-state index is 0.0796. The van der Waals surface area contributed by atoms with E-state index >= 15 is 0 Å². The van der Waals surface area contributed by atoms with E-state index in [1.165, 1.54) is 6.08 Å². The Morgan fingerprint density at radius 3 is 3.05 bits per heavy atom. The molecule has 1 aliphatic rings. The number of aromatic nitrogens is 2. The Kier molecular flexibility index (Phi) is 3.73. The van der Waals surface area contributed by atoms with Crippen LogP contribution in [0.4, 0.5) is 0 Å². The van der Waals surface area contributed by atoms with Gasteiger partial charge in [-0.3, -0.25) is 9.48 Å². The molecule has 0 bridgehead atoms. The predicted octanol–water partition coefficient (Wildman–Crippen LogP) is 2.57. The molecule has 5 nitrogen and oxygen atoms in total. The summed E-state index contributed by atoms with van der Waals surface area (Å²) in [6.45, 7) is 3.80. The molecule has 0 radical (unpaired) electrons. The molecule has 21 heavy (non-hydrogen) atoms. The Balaban J connectivity index is 1.81. The molecule has 0 fully saturated rings. The fourth-order valence-electron chi connectivity index (χ4n) is 2.15. The first-order chi connectivity index (χ1) is 10.3. The minimum atomic E-state index is -0.0796. The highest BCUT2D eigenvalue weighted by Crippen LogP contribution is 2.34. The van der Waals surface area contributed by atoms with Crippen LogP contribution in [0, 0.1) is 0 Å². The lowest BCUT2D eigenvalue weighted by Gasteiger charge is -2.19. The van der Waals surface area contributed by atoms with Crippen LogP contribution in [0.15, 0.2) is 36.7 Å². The number of carbonyl (C=O) groups excluding carboxylic acids is 1. The molecule has 1 aromatic carbocycles. The number of hydrogen-bond donors (Lipinski definition) is 0. The van der Waals surface area contributed by atoms with Crippen LogP contribution in [0.1, 0.15) is 22.8 Å². The molecule has 2 heterocycles. The molecule has 0 atom stereocenters. The number of benzene rings is 1. The van der Waals surface area contributed by atoms with E-state index in [-0.39, 0.29) is 5.78 Å². The third kappa shape index (κ3) is 2.81. The molecule has 0 saturated heterocycles. The van der Waals surface area contributed by atoms with Crippen molar-refractivity contribution in [2.24, 2.45) is 0 Å². The first kappa shape index (κ1) is 13.4. The van der Waals surface area contributed by atoms with E-state index in [4.69, 9.17) is 9.47 Å². The topological polar surface area (TPSA) is 53.4 Å². The van der Waals surface area contributed by atoms with Crippen LogP contribution in [0.25, 0.3) is 6.08 Å². The van der Waals surface area contributed by atoms with Gasteiger partial charge in [-0.15, -0.1) is 0 Å². The second-order valence-corrected chi connectivity index (χ2v) is 4.65. The van der Waals surface area contributed by atoms with Crippen molar-refractivity contribution in [1.82, 2.24) is 9.78 Å². The van der Waals surface area contributed by atoms with Crippen molar-refractivity contribution < 1.29 is 14.3 Å². The van der Waals surface area contributed by atoms with Crippen LogP contribution in [0.5, 0.6) is 11.5 Å². The number of rotatable bonds is 4. The highest BCUT2D eigenvalue weighted by molar-refractivity contribution is 6.06. The second-order valence-electron chi connectivity index (χ2n) is 4.65. The first-order valence-corrected chi connectivity index (χ1v) is 6.91. The van der Waals surface area contributed by atoms with Crippen LogP contribution < -0.4 is 9.47 Å². The number of nitrogens with zero attached hydrogens (tertiary/aromatic N) is 2. The van der Waals surface area contributed by atoms with Gasteiger partial charge in [0.2, 0.25) is 0 Å². The lowest BCUT2D eigenvalue weighted by atomic mass is 10.1. The number of aryl methyl sites for hydroxylation is 1. The van der Waals surface area contributed by atoms with Crippen LogP contribution in [0.3, 0.4) is 0 Å². The van der Waals surface area contributed by atoms with Gasteiger partial charge < -0.3 is 9.47 Å². The zero-order valence-corrected chi connectivity index (χ0v) is 11.8. The van der Waals surface area contributed by atoms with E-state index < -0.39 is 0 Å². The molecule has 0 aliphatic carbocycles. The molecule has 3 rings (SSSR count). The van der Waals surface area contributed by atoms with Crippen molar-refractivity contribution in [3.05, 3.63) is 47.8 Å². The van der Waals surface area contributed by atoms with Gasteiger partial charge in [0, 0.05) is 18.3 Å². The summed E-state index contributed by atoms with van der Waals surface area (Å²) < 4.78 is 12.9. The number of ketones is 1. The van der Waals surface area contributed by atoms with Gasteiger partial charge in [-0.05, 0) is 25.1 Å². The summed E-state index contributed by atoms with van der Waals surface area (Å²) >= 11 is 0. The van der Waals surface area contributed by atoms with E-state index in [9.17, 15) is 4.79 Å². The zero-order valence-electron chi connectivity index (χ0n) is 11.8. The van der Waals surface area contributed by atoms with Gasteiger partial charge in [0.05, 0.1) is 11.8 Å². The third-order valence-electron chi connectivity index (χ3n) is 3.25. The minimum Gasteiger partial charge on any atom is -0.486 e. The number of hydrogen-bond acceptors (Lipinski definition) is 4. The molecule has 2 aromatic rings. The van der Waals surface area contributed by atoms with E-state index in [0.717, 1.165) is 17.9 Å². The van der Waals surface area contributed by atoms with Crippen LogP contribution in [-0.4, -0.2) is 28.8 Å². The molecule has 0 N–H and O–H groups in total. The highest BCUT2D eigenvalue weighted by atomic mass is 16.6. The molecule has 0 unspecified atom stereocenters. The van der Waals surface area contributed by atoms with E-state index in [1.807, 2.05) is 25.1 Å². The van der Waals surface area contributed by atoms with E-state index in [0.29, 0.717) is 24.5 Å². The summed E-state index contributed by atoms with van der Waals surface area (Å²) in [4.78, 5) is 12.1. The average molecular weight is 284 g/mol. The van der Waals surface area contributed by atoms with Gasteiger partial charge in [-0.2, -0.15) is 5.10 Å². The maximum absolute atomic E-state index is 12.1. The quantitative estimate of drug-likeness (QED) is 0.639. The molecule has 108 valence electrons. The molecule has 0 amide bonds. The van der Waals surface area contributed by atoms with Gasteiger partial charge in [0.15, 0.2) is 17.3 Å². The van der Waals surface area contributed by atoms with E-state index in [1.54, 1.807) is 23.2 Å². The normalized spacial score (nSPS) is 13.6. The largest absolute Gasteiger partial charge is 0.486 e. The standard InChI is InChI=1S/C16H16N2O3/c1-2-18-11-13(10-17-18)14(19)7-6-12-4-3-5-15-16(12)21-9-8-20-15/h3-7,10-11H,2,8-9H2,1H3/b7-6-. The Morgan fingerprint density at radius 2 is 2.24 bits per heavy atom. The second kappa shape index (κ2) is 5.83. The Morgan fingerprint density at radius 1 is 1.38 bits per heavy atom. The molecule has 1 aromatic heterocycles. The van der Waals surface area contributed by atoms with Crippen molar-refractivity contribution in [2.45, 2.75) is 13.5 Å². The lowest BCUT2D eigenvalue weighted by Crippen LogP contribution is -2.15. The van der Waals surface area contributed by atoms with Gasteiger partial charge >= 0.3 is 0 Å². The number of ether oxygens (including phenoxy) is 2. The summed E-state index contributed by atoms with van der Waals surface area (Å²) in [5, 5.41) is 4.10. The van der Waals surface area contributed by atoms with Gasteiger partial charge in [-0.1, -0.05) is 12.1 Å². The fraction of sp³-hybridized carbons (Fsp3) is 0.250.